The molecule has 2 heterocycles. The van der Waals surface area contributed by atoms with Gasteiger partial charge in [0.2, 0.25) is 11.8 Å². The van der Waals surface area contributed by atoms with Crippen molar-refractivity contribution < 1.29 is 9.21 Å². The van der Waals surface area contributed by atoms with Crippen LogP contribution in [0.15, 0.2) is 58.4 Å². The summed E-state index contributed by atoms with van der Waals surface area (Å²) in [6.45, 7) is 0.421. The topological polar surface area (TPSA) is 80.9 Å². The maximum Gasteiger partial charge on any atom is 0.277 e. The van der Waals surface area contributed by atoms with Gasteiger partial charge in [-0.1, -0.05) is 35.5 Å². The Balaban J connectivity index is 1.49. The molecule has 3 rings (SSSR count). The molecule has 0 unspecified atom stereocenters. The van der Waals surface area contributed by atoms with Gasteiger partial charge in [-0.2, -0.15) is 0 Å². The number of nitrogens with one attached hydrogen (secondary N) is 1. The van der Waals surface area contributed by atoms with E-state index in [2.05, 4.69) is 20.5 Å². The van der Waals surface area contributed by atoms with Gasteiger partial charge in [0.15, 0.2) is 0 Å². The molecule has 122 valence electrons. The van der Waals surface area contributed by atoms with E-state index in [4.69, 9.17) is 16.0 Å². The van der Waals surface area contributed by atoms with Crippen LogP contribution >= 0.6 is 23.4 Å². The number of hydrogen-bond donors (Lipinski definition) is 1. The van der Waals surface area contributed by atoms with Crippen molar-refractivity contribution >= 4 is 29.3 Å². The molecular formula is C16H13ClN4O2S. The summed E-state index contributed by atoms with van der Waals surface area (Å²) in [5, 5.41) is 11.7. The van der Waals surface area contributed by atoms with Gasteiger partial charge in [-0.05, 0) is 29.8 Å². The number of rotatable bonds is 6. The highest BCUT2D eigenvalue weighted by molar-refractivity contribution is 7.99. The molecule has 2 aromatic heterocycles. The van der Waals surface area contributed by atoms with Crippen molar-refractivity contribution in [2.75, 3.05) is 5.75 Å². The number of benzene rings is 1. The summed E-state index contributed by atoms with van der Waals surface area (Å²) in [7, 11) is 0. The third-order valence-corrected chi connectivity index (χ3v) is 4.07. The Morgan fingerprint density at radius 3 is 2.96 bits per heavy atom. The fraction of sp³-hybridized carbons (Fsp3) is 0.125. The molecule has 0 aliphatic heterocycles. The van der Waals surface area contributed by atoms with Crippen LogP contribution in [0, 0.1) is 0 Å². The van der Waals surface area contributed by atoms with Crippen LogP contribution in [0.4, 0.5) is 0 Å². The normalized spacial score (nSPS) is 10.5. The van der Waals surface area contributed by atoms with Crippen LogP contribution in [0.1, 0.15) is 5.56 Å². The summed E-state index contributed by atoms with van der Waals surface area (Å²) >= 11 is 7.09. The maximum atomic E-state index is 11.9. The smallest absolute Gasteiger partial charge is 0.277 e. The first-order valence-corrected chi connectivity index (χ1v) is 8.45. The molecule has 1 aromatic carbocycles. The van der Waals surface area contributed by atoms with Crippen LogP contribution in [0.25, 0.3) is 11.5 Å². The van der Waals surface area contributed by atoms with Gasteiger partial charge in [0.1, 0.15) is 0 Å². The highest BCUT2D eigenvalue weighted by Gasteiger charge is 2.11. The minimum atomic E-state index is -0.124. The molecule has 8 heteroatoms. The molecule has 0 aliphatic carbocycles. The second-order valence-electron chi connectivity index (χ2n) is 4.81. The average molecular weight is 361 g/mol. The Kier molecular flexibility index (Phi) is 5.45. The SMILES string of the molecule is O=C(CSc1nnc(-c2cccnc2)o1)NCc1cccc(Cl)c1. The van der Waals surface area contributed by atoms with Crippen LogP contribution in [0.5, 0.6) is 0 Å². The Hall–Kier alpha value is -2.38. The van der Waals surface area contributed by atoms with Crippen molar-refractivity contribution in [2.24, 2.45) is 0 Å². The summed E-state index contributed by atoms with van der Waals surface area (Å²) < 4.78 is 5.50. The summed E-state index contributed by atoms with van der Waals surface area (Å²) in [5.41, 5.74) is 1.68. The number of halogens is 1. The lowest BCUT2D eigenvalue weighted by Crippen LogP contribution is -2.24. The summed E-state index contributed by atoms with van der Waals surface area (Å²) in [5.74, 6) is 0.445. The molecule has 0 fully saturated rings. The Bertz CT molecular complexity index is 826. The summed E-state index contributed by atoms with van der Waals surface area (Å²) in [4.78, 5) is 15.9. The van der Waals surface area contributed by atoms with Crippen molar-refractivity contribution in [2.45, 2.75) is 11.8 Å². The molecule has 3 aromatic rings. The van der Waals surface area contributed by atoms with E-state index in [0.717, 1.165) is 11.1 Å². The van der Waals surface area contributed by atoms with Crippen LogP contribution in [0.3, 0.4) is 0 Å². The van der Waals surface area contributed by atoms with Gasteiger partial charge in [-0.25, -0.2) is 0 Å². The van der Waals surface area contributed by atoms with Gasteiger partial charge in [0.05, 0.1) is 11.3 Å². The number of thioether (sulfide) groups is 1. The molecule has 0 bridgehead atoms. The van der Waals surface area contributed by atoms with Gasteiger partial charge < -0.3 is 9.73 Å². The fourth-order valence-corrected chi connectivity index (χ4v) is 2.71. The number of amides is 1. The second kappa shape index (κ2) is 7.94. The minimum Gasteiger partial charge on any atom is -0.411 e. The first-order valence-electron chi connectivity index (χ1n) is 7.08. The lowest BCUT2D eigenvalue weighted by atomic mass is 10.2. The molecule has 0 atom stereocenters. The van der Waals surface area contributed by atoms with Crippen LogP contribution in [-0.4, -0.2) is 26.8 Å². The van der Waals surface area contributed by atoms with Crippen molar-refractivity contribution in [3.63, 3.8) is 0 Å². The molecule has 0 radical (unpaired) electrons. The van der Waals surface area contributed by atoms with Gasteiger partial charge >= 0.3 is 0 Å². The monoisotopic (exact) mass is 360 g/mol. The van der Waals surface area contributed by atoms with Crippen molar-refractivity contribution in [1.82, 2.24) is 20.5 Å². The van der Waals surface area contributed by atoms with E-state index < -0.39 is 0 Å². The van der Waals surface area contributed by atoms with Crippen molar-refractivity contribution in [3.8, 4) is 11.5 Å². The minimum absolute atomic E-state index is 0.124. The molecule has 0 spiro atoms. The molecule has 1 N–H and O–H groups in total. The molecule has 1 amide bonds. The maximum absolute atomic E-state index is 11.9. The highest BCUT2D eigenvalue weighted by Crippen LogP contribution is 2.22. The molecule has 0 saturated carbocycles. The molecule has 6 nitrogen and oxygen atoms in total. The standard InChI is InChI=1S/C16H13ClN4O2S/c17-13-5-1-3-11(7-13)8-19-14(22)10-24-16-21-20-15(23-16)12-4-2-6-18-9-12/h1-7,9H,8,10H2,(H,19,22). The van der Waals surface area contributed by atoms with E-state index in [1.54, 1.807) is 24.5 Å². The first-order chi connectivity index (χ1) is 11.7. The number of pyridine rings is 1. The third-order valence-electron chi connectivity index (χ3n) is 3.02. The lowest BCUT2D eigenvalue weighted by Gasteiger charge is -2.04. The number of aromatic nitrogens is 3. The van der Waals surface area contributed by atoms with Crippen molar-refractivity contribution in [1.29, 1.82) is 0 Å². The average Bonchev–Trinajstić information content (AvgIpc) is 3.08. The van der Waals surface area contributed by atoms with E-state index in [1.165, 1.54) is 11.8 Å². The zero-order valence-corrected chi connectivity index (χ0v) is 14.0. The van der Waals surface area contributed by atoms with Crippen molar-refractivity contribution in [3.05, 3.63) is 59.4 Å². The number of hydrogen-bond acceptors (Lipinski definition) is 6. The number of nitrogens with zero attached hydrogens (tertiary/aromatic N) is 3. The van der Waals surface area contributed by atoms with Gasteiger partial charge in [0.25, 0.3) is 5.22 Å². The Morgan fingerprint density at radius 2 is 2.17 bits per heavy atom. The Labute approximate surface area is 147 Å². The van der Waals surface area contributed by atoms with Crippen LogP contribution < -0.4 is 5.32 Å². The fourth-order valence-electron chi connectivity index (χ4n) is 1.90. The van der Waals surface area contributed by atoms with Crippen LogP contribution in [-0.2, 0) is 11.3 Å². The zero-order valence-electron chi connectivity index (χ0n) is 12.5. The van der Waals surface area contributed by atoms with Gasteiger partial charge in [-0.3, -0.25) is 9.78 Å². The molecule has 0 aliphatic rings. The first kappa shape index (κ1) is 16.5. The van der Waals surface area contributed by atoms with E-state index in [1.807, 2.05) is 24.3 Å². The summed E-state index contributed by atoms with van der Waals surface area (Å²) in [6, 6.07) is 11.0. The zero-order chi connectivity index (χ0) is 16.8. The molecule has 24 heavy (non-hydrogen) atoms. The second-order valence-corrected chi connectivity index (χ2v) is 6.17. The van der Waals surface area contributed by atoms with E-state index in [9.17, 15) is 4.79 Å². The molecular weight excluding hydrogens is 348 g/mol. The number of carbonyl (C=O) groups excluding carboxylic acids is 1. The predicted octanol–water partition coefficient (Wildman–Crippen LogP) is 3.19. The quantitative estimate of drug-likeness (QED) is 0.680. The highest BCUT2D eigenvalue weighted by atomic mass is 35.5. The van der Waals surface area contributed by atoms with E-state index in [0.29, 0.717) is 22.7 Å². The van der Waals surface area contributed by atoms with Gasteiger partial charge in [0, 0.05) is 24.0 Å². The summed E-state index contributed by atoms with van der Waals surface area (Å²) in [6.07, 6.45) is 3.31. The largest absolute Gasteiger partial charge is 0.411 e. The lowest BCUT2D eigenvalue weighted by molar-refractivity contribution is -0.118. The van der Waals surface area contributed by atoms with Gasteiger partial charge in [-0.15, -0.1) is 10.2 Å². The van der Waals surface area contributed by atoms with E-state index in [-0.39, 0.29) is 11.7 Å². The Morgan fingerprint density at radius 1 is 1.25 bits per heavy atom. The number of carbonyl (C=O) groups is 1. The van der Waals surface area contributed by atoms with Crippen LogP contribution in [0.2, 0.25) is 5.02 Å². The molecule has 0 saturated heterocycles. The predicted molar refractivity (Wildman–Crippen MR) is 91.6 cm³/mol. The van der Waals surface area contributed by atoms with E-state index >= 15 is 0 Å². The third kappa shape index (κ3) is 4.56.